The maximum atomic E-state index is 6.02. The lowest BCUT2D eigenvalue weighted by atomic mass is 9.90. The molecule has 1 atom stereocenters. The summed E-state index contributed by atoms with van der Waals surface area (Å²) in [5.41, 5.74) is 1.39. The van der Waals surface area contributed by atoms with Gasteiger partial charge < -0.3 is 10.1 Å². The Morgan fingerprint density at radius 1 is 1.13 bits per heavy atom. The molecular formula is C13H17NO. The number of piperidine rings is 1. The molecule has 2 aliphatic rings. The molecule has 0 bridgehead atoms. The number of hydrogen-bond acceptors (Lipinski definition) is 2. The standard InChI is InChI=1S/C13H17NO/c1-2-4-12-11(3-1)9-13(15-12)10-5-7-14-8-6-10/h1-4,10,13-14H,5-9H2. The minimum absolute atomic E-state index is 0.435. The van der Waals surface area contributed by atoms with Crippen LogP contribution in [0.3, 0.4) is 0 Å². The molecule has 0 aliphatic carbocycles. The van der Waals surface area contributed by atoms with Crippen LogP contribution in [0, 0.1) is 5.92 Å². The van der Waals surface area contributed by atoms with Crippen LogP contribution in [0.4, 0.5) is 0 Å². The van der Waals surface area contributed by atoms with Crippen molar-refractivity contribution in [1.29, 1.82) is 0 Å². The summed E-state index contributed by atoms with van der Waals surface area (Å²) in [5, 5.41) is 3.40. The molecule has 0 amide bonds. The Bertz CT molecular complexity index is 319. The van der Waals surface area contributed by atoms with Gasteiger partial charge in [0.15, 0.2) is 0 Å². The highest BCUT2D eigenvalue weighted by atomic mass is 16.5. The molecule has 1 unspecified atom stereocenters. The molecule has 2 nitrogen and oxygen atoms in total. The number of fused-ring (bicyclic) bond motifs is 1. The van der Waals surface area contributed by atoms with Gasteiger partial charge in [-0.2, -0.15) is 0 Å². The van der Waals surface area contributed by atoms with E-state index in [1.54, 1.807) is 0 Å². The zero-order valence-corrected chi connectivity index (χ0v) is 8.91. The first-order chi connectivity index (χ1) is 7.43. The van der Waals surface area contributed by atoms with Gasteiger partial charge in [-0.3, -0.25) is 0 Å². The van der Waals surface area contributed by atoms with E-state index in [2.05, 4.69) is 29.6 Å². The third-order valence-electron chi connectivity index (χ3n) is 3.58. The van der Waals surface area contributed by atoms with Crippen LogP contribution in [0.5, 0.6) is 5.75 Å². The van der Waals surface area contributed by atoms with Crippen molar-refractivity contribution in [3.8, 4) is 5.75 Å². The zero-order valence-electron chi connectivity index (χ0n) is 8.91. The SMILES string of the molecule is c1ccc2c(c1)CC(C1CCNCC1)O2. The van der Waals surface area contributed by atoms with Gasteiger partial charge in [0.2, 0.25) is 0 Å². The maximum Gasteiger partial charge on any atom is 0.123 e. The molecule has 0 saturated carbocycles. The van der Waals surface area contributed by atoms with Crippen molar-refractivity contribution in [3.05, 3.63) is 29.8 Å². The first-order valence-corrected chi connectivity index (χ1v) is 5.89. The van der Waals surface area contributed by atoms with Crippen LogP contribution in [0.2, 0.25) is 0 Å². The van der Waals surface area contributed by atoms with E-state index >= 15 is 0 Å². The fraction of sp³-hybridized carbons (Fsp3) is 0.538. The van der Waals surface area contributed by atoms with Gasteiger partial charge in [0.1, 0.15) is 11.9 Å². The van der Waals surface area contributed by atoms with Gasteiger partial charge in [0.05, 0.1) is 0 Å². The Kier molecular flexibility index (Phi) is 2.37. The summed E-state index contributed by atoms with van der Waals surface area (Å²) in [7, 11) is 0. The van der Waals surface area contributed by atoms with Gasteiger partial charge in [-0.25, -0.2) is 0 Å². The number of hydrogen-bond donors (Lipinski definition) is 1. The first kappa shape index (κ1) is 9.22. The fourth-order valence-electron chi connectivity index (χ4n) is 2.69. The number of ether oxygens (including phenoxy) is 1. The Hall–Kier alpha value is -1.02. The van der Waals surface area contributed by atoms with E-state index in [1.165, 1.54) is 18.4 Å². The fourth-order valence-corrected chi connectivity index (χ4v) is 2.69. The van der Waals surface area contributed by atoms with Crippen molar-refractivity contribution in [2.24, 2.45) is 5.92 Å². The number of para-hydroxylation sites is 1. The highest BCUT2D eigenvalue weighted by Gasteiger charge is 2.30. The number of benzene rings is 1. The van der Waals surface area contributed by atoms with Crippen LogP contribution >= 0.6 is 0 Å². The second-order valence-corrected chi connectivity index (χ2v) is 4.56. The van der Waals surface area contributed by atoms with Crippen molar-refractivity contribution in [2.45, 2.75) is 25.4 Å². The second-order valence-electron chi connectivity index (χ2n) is 4.56. The third kappa shape index (κ3) is 1.74. The van der Waals surface area contributed by atoms with Gasteiger partial charge in [-0.05, 0) is 43.5 Å². The summed E-state index contributed by atoms with van der Waals surface area (Å²) in [5.74, 6) is 1.86. The van der Waals surface area contributed by atoms with Crippen LogP contribution in [-0.2, 0) is 6.42 Å². The molecular weight excluding hydrogens is 186 g/mol. The minimum Gasteiger partial charge on any atom is -0.490 e. The highest BCUT2D eigenvalue weighted by Crippen LogP contribution is 2.33. The van der Waals surface area contributed by atoms with E-state index in [-0.39, 0.29) is 0 Å². The van der Waals surface area contributed by atoms with Crippen LogP contribution in [0.1, 0.15) is 18.4 Å². The van der Waals surface area contributed by atoms with E-state index in [9.17, 15) is 0 Å². The second kappa shape index (κ2) is 3.86. The summed E-state index contributed by atoms with van der Waals surface area (Å²) in [4.78, 5) is 0. The van der Waals surface area contributed by atoms with Crippen molar-refractivity contribution in [3.63, 3.8) is 0 Å². The van der Waals surface area contributed by atoms with Crippen molar-refractivity contribution in [1.82, 2.24) is 5.32 Å². The Morgan fingerprint density at radius 3 is 2.73 bits per heavy atom. The Morgan fingerprint density at radius 2 is 1.93 bits per heavy atom. The molecule has 0 radical (unpaired) electrons. The lowest BCUT2D eigenvalue weighted by Gasteiger charge is -2.27. The Labute approximate surface area is 90.6 Å². The molecule has 2 heteroatoms. The maximum absolute atomic E-state index is 6.02. The van der Waals surface area contributed by atoms with Gasteiger partial charge in [-0.15, -0.1) is 0 Å². The highest BCUT2D eigenvalue weighted by molar-refractivity contribution is 5.37. The Balaban J connectivity index is 1.72. The third-order valence-corrected chi connectivity index (χ3v) is 3.58. The van der Waals surface area contributed by atoms with Crippen LogP contribution in [0.25, 0.3) is 0 Å². The average Bonchev–Trinajstić information content (AvgIpc) is 2.74. The van der Waals surface area contributed by atoms with Gasteiger partial charge in [-0.1, -0.05) is 18.2 Å². The van der Waals surface area contributed by atoms with E-state index < -0.39 is 0 Å². The van der Waals surface area contributed by atoms with Crippen LogP contribution < -0.4 is 10.1 Å². The molecule has 2 aliphatic heterocycles. The number of rotatable bonds is 1. The molecule has 1 aromatic carbocycles. The number of nitrogens with one attached hydrogen (secondary N) is 1. The van der Waals surface area contributed by atoms with Gasteiger partial charge in [0, 0.05) is 6.42 Å². The molecule has 1 aromatic rings. The molecule has 0 aromatic heterocycles. The molecule has 2 heterocycles. The largest absolute Gasteiger partial charge is 0.490 e. The first-order valence-electron chi connectivity index (χ1n) is 5.89. The topological polar surface area (TPSA) is 21.3 Å². The summed E-state index contributed by atoms with van der Waals surface area (Å²) in [6.07, 6.45) is 4.07. The summed E-state index contributed by atoms with van der Waals surface area (Å²) >= 11 is 0. The lowest BCUT2D eigenvalue weighted by Crippen LogP contribution is -2.36. The predicted molar refractivity (Wildman–Crippen MR) is 60.2 cm³/mol. The molecule has 15 heavy (non-hydrogen) atoms. The predicted octanol–water partition coefficient (Wildman–Crippen LogP) is 1.99. The molecule has 1 N–H and O–H groups in total. The van der Waals surface area contributed by atoms with Crippen molar-refractivity contribution >= 4 is 0 Å². The van der Waals surface area contributed by atoms with Gasteiger partial charge in [0.25, 0.3) is 0 Å². The zero-order chi connectivity index (χ0) is 10.1. The normalized spacial score (nSPS) is 26.0. The van der Waals surface area contributed by atoms with E-state index in [1.807, 2.05) is 0 Å². The molecule has 80 valence electrons. The van der Waals surface area contributed by atoms with Gasteiger partial charge >= 0.3 is 0 Å². The van der Waals surface area contributed by atoms with Crippen molar-refractivity contribution < 1.29 is 4.74 Å². The van der Waals surface area contributed by atoms with E-state index in [0.29, 0.717) is 6.10 Å². The summed E-state index contributed by atoms with van der Waals surface area (Å²) < 4.78 is 6.02. The molecule has 1 fully saturated rings. The molecule has 0 spiro atoms. The minimum atomic E-state index is 0.435. The van der Waals surface area contributed by atoms with E-state index in [0.717, 1.165) is 31.2 Å². The van der Waals surface area contributed by atoms with Crippen LogP contribution in [-0.4, -0.2) is 19.2 Å². The monoisotopic (exact) mass is 203 g/mol. The molecule has 3 rings (SSSR count). The smallest absolute Gasteiger partial charge is 0.123 e. The average molecular weight is 203 g/mol. The molecule has 1 saturated heterocycles. The van der Waals surface area contributed by atoms with E-state index in [4.69, 9.17) is 4.74 Å². The van der Waals surface area contributed by atoms with Crippen molar-refractivity contribution in [2.75, 3.05) is 13.1 Å². The lowest BCUT2D eigenvalue weighted by molar-refractivity contribution is 0.134. The quantitative estimate of drug-likeness (QED) is 0.753. The summed E-state index contributed by atoms with van der Waals surface area (Å²) in [6.45, 7) is 2.31. The summed E-state index contributed by atoms with van der Waals surface area (Å²) in [6, 6.07) is 8.45. The van der Waals surface area contributed by atoms with Crippen LogP contribution in [0.15, 0.2) is 24.3 Å².